The second-order valence-corrected chi connectivity index (χ2v) is 16.9. The van der Waals surface area contributed by atoms with Gasteiger partial charge in [-0.25, -0.2) is 9.98 Å². The molecule has 1 N–H and O–H groups in total. The Morgan fingerprint density at radius 2 is 1.11 bits per heavy atom. The zero-order valence-electron chi connectivity index (χ0n) is 34.9. The number of aromatic nitrogens is 1. The van der Waals surface area contributed by atoms with Gasteiger partial charge in [-0.3, -0.25) is 0 Å². The van der Waals surface area contributed by atoms with Gasteiger partial charge in [-0.05, 0) is 81.2 Å². The first-order valence-electron chi connectivity index (χ1n) is 22.0. The highest BCUT2D eigenvalue weighted by Gasteiger charge is 2.28. The highest BCUT2D eigenvalue weighted by Crippen LogP contribution is 2.42. The number of amidine groups is 2. The maximum atomic E-state index is 7.02. The molecule has 0 amide bonds. The van der Waals surface area contributed by atoms with Gasteiger partial charge >= 0.3 is 0 Å². The van der Waals surface area contributed by atoms with E-state index in [1.165, 1.54) is 21.5 Å². The van der Waals surface area contributed by atoms with Crippen molar-refractivity contribution < 1.29 is 8.83 Å². The topological polar surface area (TPSA) is 68.0 Å². The number of aliphatic imine (C=N–C) groups is 2. The lowest BCUT2D eigenvalue weighted by Crippen LogP contribution is -2.33. The predicted molar refractivity (Wildman–Crippen MR) is 268 cm³/mol. The highest BCUT2D eigenvalue weighted by molar-refractivity contribution is 6.25. The van der Waals surface area contributed by atoms with Crippen molar-refractivity contribution in [1.82, 2.24) is 9.88 Å². The van der Waals surface area contributed by atoms with Crippen LogP contribution in [-0.2, 0) is 0 Å². The lowest BCUT2D eigenvalue weighted by atomic mass is 10.00. The molecule has 0 saturated heterocycles. The molecule has 0 spiro atoms. The van der Waals surface area contributed by atoms with Crippen LogP contribution in [0.15, 0.2) is 225 Å². The summed E-state index contributed by atoms with van der Waals surface area (Å²) < 4.78 is 15.8. The molecule has 65 heavy (non-hydrogen) atoms. The Balaban J connectivity index is 1.06. The molecule has 1 aliphatic heterocycles. The van der Waals surface area contributed by atoms with E-state index < -0.39 is 6.17 Å². The number of furan rings is 2. The van der Waals surface area contributed by atoms with Crippen LogP contribution in [0.5, 0.6) is 0 Å². The molecule has 6 heteroatoms. The van der Waals surface area contributed by atoms with E-state index in [2.05, 4.69) is 186 Å². The van der Waals surface area contributed by atoms with Crippen LogP contribution in [0.1, 0.15) is 22.9 Å². The predicted octanol–water partition coefficient (Wildman–Crippen LogP) is 15.1. The molecule has 14 rings (SSSR count). The van der Waals surface area contributed by atoms with Crippen molar-refractivity contribution in [2.75, 3.05) is 0 Å². The summed E-state index contributed by atoms with van der Waals surface area (Å²) in [6.07, 6.45) is -0.514. The molecule has 4 heterocycles. The van der Waals surface area contributed by atoms with Gasteiger partial charge in [0.2, 0.25) is 0 Å². The van der Waals surface area contributed by atoms with Crippen LogP contribution in [0.25, 0.3) is 104 Å². The fraction of sp³-hybridized carbons (Fsp3) is 0.0169. The number of hydrogen-bond acceptors (Lipinski definition) is 5. The average Bonchev–Trinajstić information content (AvgIpc) is 4.05. The number of para-hydroxylation sites is 2. The molecule has 0 bridgehead atoms. The largest absolute Gasteiger partial charge is 0.456 e. The zero-order chi connectivity index (χ0) is 42.6. The minimum Gasteiger partial charge on any atom is -0.456 e. The molecule has 0 saturated carbocycles. The fourth-order valence-corrected chi connectivity index (χ4v) is 10.2. The number of nitrogens with zero attached hydrogens (tertiary/aromatic N) is 3. The van der Waals surface area contributed by atoms with Gasteiger partial charge in [0.25, 0.3) is 0 Å². The summed E-state index contributed by atoms with van der Waals surface area (Å²) in [5.41, 5.74) is 11.5. The van der Waals surface area contributed by atoms with Crippen LogP contribution < -0.4 is 5.32 Å². The standard InChI is InChI=1S/C59H36N4O2/c1-2-13-35(14-3-1)36-25-27-38(28-26-36)57-60-58(45-21-12-24-52-55(45)44-20-9-11-23-51(44)64-52)62-59(61-57)48-34-41(33-47-54-42-18-7-6-15-37(42)29-30-53(54)65-56(47)48)63-49-22-10-8-19-43(49)46-31-39-16-4-5-17-40(39)32-50(46)63/h1-34,58H,(H,60,61,62). The molecule has 0 fully saturated rings. The molecule has 304 valence electrons. The van der Waals surface area contributed by atoms with Crippen molar-refractivity contribution in [3.05, 3.63) is 223 Å². The smallest absolute Gasteiger partial charge is 0.163 e. The minimum atomic E-state index is -0.514. The monoisotopic (exact) mass is 832 g/mol. The Labute approximate surface area is 372 Å². The van der Waals surface area contributed by atoms with Gasteiger partial charge in [0.05, 0.1) is 16.6 Å². The van der Waals surface area contributed by atoms with Crippen LogP contribution in [0, 0.1) is 0 Å². The molecule has 0 radical (unpaired) electrons. The first-order valence-corrected chi connectivity index (χ1v) is 22.0. The minimum absolute atomic E-state index is 0.514. The van der Waals surface area contributed by atoms with E-state index >= 15 is 0 Å². The van der Waals surface area contributed by atoms with Gasteiger partial charge in [-0.1, -0.05) is 158 Å². The molecular formula is C59H36N4O2. The maximum Gasteiger partial charge on any atom is 0.163 e. The lowest BCUT2D eigenvalue weighted by molar-refractivity contribution is 0.660. The van der Waals surface area contributed by atoms with E-state index in [4.69, 9.17) is 18.8 Å². The van der Waals surface area contributed by atoms with Gasteiger partial charge < -0.3 is 18.7 Å². The van der Waals surface area contributed by atoms with Gasteiger partial charge in [-0.2, -0.15) is 0 Å². The first-order chi connectivity index (χ1) is 32.2. The molecule has 6 nitrogen and oxygen atoms in total. The van der Waals surface area contributed by atoms with E-state index in [0.29, 0.717) is 11.7 Å². The Kier molecular flexibility index (Phi) is 7.65. The van der Waals surface area contributed by atoms with Crippen molar-refractivity contribution >= 4 is 98.9 Å². The normalized spacial score (nSPS) is 14.3. The van der Waals surface area contributed by atoms with Crippen molar-refractivity contribution in [3.8, 4) is 16.8 Å². The Morgan fingerprint density at radius 3 is 1.97 bits per heavy atom. The SMILES string of the molecule is c1ccc(-c2ccc(C3=NC(c4cc(-n5c6ccccc6c6cc7ccccc7cc65)cc5c4oc4ccc6ccccc6c45)=NC(c4cccc5oc6ccccc6c45)N3)cc2)cc1. The van der Waals surface area contributed by atoms with Gasteiger partial charge in [0.1, 0.15) is 34.3 Å². The van der Waals surface area contributed by atoms with Crippen LogP contribution in [-0.4, -0.2) is 16.2 Å². The summed E-state index contributed by atoms with van der Waals surface area (Å²) in [4.78, 5) is 11.0. The number of benzene rings is 10. The molecule has 1 aliphatic rings. The molecule has 0 aliphatic carbocycles. The van der Waals surface area contributed by atoms with E-state index in [9.17, 15) is 0 Å². The summed E-state index contributed by atoms with van der Waals surface area (Å²) in [6.45, 7) is 0. The third-order valence-electron chi connectivity index (χ3n) is 13.2. The van der Waals surface area contributed by atoms with Crippen LogP contribution in [0.3, 0.4) is 0 Å². The number of fused-ring (bicyclic) bond motifs is 12. The van der Waals surface area contributed by atoms with Crippen molar-refractivity contribution in [2.45, 2.75) is 6.17 Å². The molecule has 1 unspecified atom stereocenters. The van der Waals surface area contributed by atoms with Crippen LogP contribution in [0.4, 0.5) is 0 Å². The Hall–Kier alpha value is -8.74. The summed E-state index contributed by atoms with van der Waals surface area (Å²) in [5, 5.41) is 15.0. The molecule has 3 aromatic heterocycles. The van der Waals surface area contributed by atoms with Crippen molar-refractivity contribution in [3.63, 3.8) is 0 Å². The highest BCUT2D eigenvalue weighted by atomic mass is 16.3. The lowest BCUT2D eigenvalue weighted by Gasteiger charge is -2.24. The van der Waals surface area contributed by atoms with Crippen LogP contribution in [0.2, 0.25) is 0 Å². The summed E-state index contributed by atoms with van der Waals surface area (Å²) in [5.74, 6) is 1.29. The number of rotatable bonds is 5. The Morgan fingerprint density at radius 1 is 0.431 bits per heavy atom. The van der Waals surface area contributed by atoms with Gasteiger partial charge in [0, 0.05) is 49.1 Å². The average molecular weight is 833 g/mol. The summed E-state index contributed by atoms with van der Waals surface area (Å²) >= 11 is 0. The quantitative estimate of drug-likeness (QED) is 0.188. The molecular weight excluding hydrogens is 797 g/mol. The molecule has 1 atom stereocenters. The third kappa shape index (κ3) is 5.54. The molecule has 10 aromatic carbocycles. The van der Waals surface area contributed by atoms with E-state index in [0.717, 1.165) is 99.2 Å². The van der Waals surface area contributed by atoms with E-state index in [1.54, 1.807) is 0 Å². The number of nitrogens with one attached hydrogen (secondary N) is 1. The second kappa shape index (κ2) is 13.9. The van der Waals surface area contributed by atoms with E-state index in [1.807, 2.05) is 30.3 Å². The van der Waals surface area contributed by atoms with E-state index in [-0.39, 0.29) is 0 Å². The maximum absolute atomic E-state index is 7.02. The Bertz CT molecular complexity index is 4150. The first kappa shape index (κ1) is 35.8. The molecule has 13 aromatic rings. The fourth-order valence-electron chi connectivity index (χ4n) is 10.2. The summed E-state index contributed by atoms with van der Waals surface area (Å²) in [7, 11) is 0. The second-order valence-electron chi connectivity index (χ2n) is 16.9. The van der Waals surface area contributed by atoms with Gasteiger partial charge in [0.15, 0.2) is 5.84 Å². The third-order valence-corrected chi connectivity index (χ3v) is 13.2. The van der Waals surface area contributed by atoms with Crippen molar-refractivity contribution in [1.29, 1.82) is 0 Å². The number of hydrogen-bond donors (Lipinski definition) is 1. The summed E-state index contributed by atoms with van der Waals surface area (Å²) in [6, 6.07) is 72.7. The van der Waals surface area contributed by atoms with Crippen LogP contribution >= 0.6 is 0 Å². The van der Waals surface area contributed by atoms with Gasteiger partial charge in [-0.15, -0.1) is 0 Å². The van der Waals surface area contributed by atoms with Crippen molar-refractivity contribution in [2.24, 2.45) is 9.98 Å². The zero-order valence-corrected chi connectivity index (χ0v) is 34.9.